The van der Waals surface area contributed by atoms with E-state index in [1.54, 1.807) is 17.0 Å². The summed E-state index contributed by atoms with van der Waals surface area (Å²) in [5.74, 6) is 0.246. The first-order valence-corrected chi connectivity index (χ1v) is 7.62. The second-order valence-corrected chi connectivity index (χ2v) is 5.51. The number of carbonyl (C=O) groups excluding carboxylic acids is 1. The number of fused-ring (bicyclic) bond motifs is 2. The van der Waals surface area contributed by atoms with E-state index in [0.29, 0.717) is 24.2 Å². The number of H-pyrrole nitrogens is 1. The molecule has 4 rings (SSSR count). The number of aromatic amines is 1. The predicted octanol–water partition coefficient (Wildman–Crippen LogP) is 0.748. The summed E-state index contributed by atoms with van der Waals surface area (Å²) in [7, 11) is 1.29. The summed E-state index contributed by atoms with van der Waals surface area (Å²) < 4.78 is 8.44. The number of carbonyl (C=O) groups is 1. The van der Waals surface area contributed by atoms with Gasteiger partial charge in [0.2, 0.25) is 0 Å². The Morgan fingerprint density at radius 1 is 1.28 bits per heavy atom. The number of nitrogens with one attached hydrogen (secondary N) is 1. The lowest BCUT2D eigenvalue weighted by Gasteiger charge is -2.11. The molecule has 0 bridgehead atoms. The molecule has 9 nitrogen and oxygen atoms in total. The van der Waals surface area contributed by atoms with Crippen LogP contribution in [0, 0.1) is 0 Å². The Labute approximate surface area is 141 Å². The van der Waals surface area contributed by atoms with E-state index in [0.717, 1.165) is 11.5 Å². The molecule has 0 amide bonds. The summed E-state index contributed by atoms with van der Waals surface area (Å²) in [6, 6.07) is 5.68. The maximum absolute atomic E-state index is 12.0. The summed E-state index contributed by atoms with van der Waals surface area (Å²) in [5, 5.41) is 14.6. The first-order chi connectivity index (χ1) is 12.2. The fourth-order valence-electron chi connectivity index (χ4n) is 2.77. The van der Waals surface area contributed by atoms with Crippen LogP contribution in [0.25, 0.3) is 16.9 Å². The van der Waals surface area contributed by atoms with E-state index >= 15 is 0 Å². The molecule has 2 aromatic heterocycles. The molecule has 9 heteroatoms. The molecule has 0 fully saturated rings. The van der Waals surface area contributed by atoms with E-state index in [9.17, 15) is 9.59 Å². The van der Waals surface area contributed by atoms with Gasteiger partial charge in [-0.1, -0.05) is 6.07 Å². The van der Waals surface area contributed by atoms with E-state index in [-0.39, 0.29) is 11.1 Å². The zero-order valence-electron chi connectivity index (χ0n) is 13.3. The maximum Gasteiger partial charge on any atom is 0.341 e. The third-order valence-electron chi connectivity index (χ3n) is 4.00. The molecule has 0 saturated heterocycles. The number of hydrogen-bond acceptors (Lipinski definition) is 6. The standard InChI is InChI=1S/C16H14N6O3/c1-25-16(24)11-9-21(8-10-14(11)19-20-15(10)23)7-5-13-18-17-12-4-2-3-6-22(12)13/h2-4,6,8-9H,5,7H2,1H3,(H,20,23). The van der Waals surface area contributed by atoms with Crippen LogP contribution in [-0.2, 0) is 17.7 Å². The normalized spacial score (nSPS) is 11.2. The highest BCUT2D eigenvalue weighted by Crippen LogP contribution is 2.20. The van der Waals surface area contributed by atoms with Crippen LogP contribution in [0.15, 0.2) is 41.6 Å². The second kappa shape index (κ2) is 5.86. The third-order valence-corrected chi connectivity index (χ3v) is 4.00. The van der Waals surface area contributed by atoms with Crippen LogP contribution in [0.5, 0.6) is 0 Å². The molecule has 0 spiro atoms. The molecule has 2 aliphatic rings. The number of rotatable bonds is 4. The molecule has 2 aromatic rings. The monoisotopic (exact) mass is 338 g/mol. The number of hydrogen-bond donors (Lipinski definition) is 1. The molecule has 2 aliphatic heterocycles. The predicted molar refractivity (Wildman–Crippen MR) is 87.5 cm³/mol. The SMILES string of the molecule is COC(=O)c1cn(CCc2nnc3ccccn23)cc2c(=O)[nH]nc1-2. The number of pyridine rings is 2. The van der Waals surface area contributed by atoms with Crippen molar-refractivity contribution >= 4 is 11.6 Å². The van der Waals surface area contributed by atoms with Crippen molar-refractivity contribution in [3.8, 4) is 11.3 Å². The van der Waals surface area contributed by atoms with Crippen molar-refractivity contribution in [2.75, 3.05) is 7.11 Å². The van der Waals surface area contributed by atoms with Gasteiger partial charge in [0.1, 0.15) is 17.1 Å². The van der Waals surface area contributed by atoms with Crippen LogP contribution in [0.4, 0.5) is 0 Å². The Bertz CT molecular complexity index is 1090. The van der Waals surface area contributed by atoms with Gasteiger partial charge >= 0.3 is 5.97 Å². The van der Waals surface area contributed by atoms with Crippen molar-refractivity contribution in [1.29, 1.82) is 0 Å². The Kier molecular flexibility index (Phi) is 3.53. The molecular formula is C16H14N6O3. The van der Waals surface area contributed by atoms with Crippen LogP contribution in [0.3, 0.4) is 0 Å². The van der Waals surface area contributed by atoms with Crippen molar-refractivity contribution in [1.82, 2.24) is 29.4 Å². The summed E-state index contributed by atoms with van der Waals surface area (Å²) in [4.78, 5) is 23.9. The number of nitrogens with zero attached hydrogens (tertiary/aromatic N) is 5. The first-order valence-electron chi connectivity index (χ1n) is 7.62. The topological polar surface area (TPSA) is 107 Å². The molecule has 0 saturated carbocycles. The number of aromatic nitrogens is 6. The fourth-order valence-corrected chi connectivity index (χ4v) is 2.77. The van der Waals surface area contributed by atoms with Crippen molar-refractivity contribution in [3.05, 3.63) is 58.5 Å². The van der Waals surface area contributed by atoms with E-state index in [4.69, 9.17) is 4.74 Å². The molecule has 0 unspecified atom stereocenters. The number of esters is 1. The lowest BCUT2D eigenvalue weighted by atomic mass is 10.1. The maximum atomic E-state index is 12.0. The molecular weight excluding hydrogens is 324 g/mol. The van der Waals surface area contributed by atoms with Gasteiger partial charge in [-0.2, -0.15) is 5.10 Å². The van der Waals surface area contributed by atoms with Crippen LogP contribution >= 0.6 is 0 Å². The summed E-state index contributed by atoms with van der Waals surface area (Å²) in [6.45, 7) is 0.514. The van der Waals surface area contributed by atoms with Crippen molar-refractivity contribution in [2.45, 2.75) is 13.0 Å². The molecule has 1 N–H and O–H groups in total. The van der Waals surface area contributed by atoms with Crippen LogP contribution in [-0.4, -0.2) is 42.4 Å². The lowest BCUT2D eigenvalue weighted by molar-refractivity contribution is 0.0600. The van der Waals surface area contributed by atoms with Gasteiger partial charge in [-0.05, 0) is 12.1 Å². The molecule has 0 aliphatic carbocycles. The Balaban J connectivity index is 1.69. The first kappa shape index (κ1) is 15.1. The fraction of sp³-hybridized carbons (Fsp3) is 0.188. The minimum Gasteiger partial charge on any atom is -0.465 e. The van der Waals surface area contributed by atoms with Gasteiger partial charge in [-0.15, -0.1) is 10.2 Å². The smallest absolute Gasteiger partial charge is 0.341 e. The lowest BCUT2D eigenvalue weighted by Crippen LogP contribution is -2.13. The molecule has 126 valence electrons. The summed E-state index contributed by atoms with van der Waals surface area (Å²) in [6.07, 6.45) is 5.76. The van der Waals surface area contributed by atoms with Gasteiger partial charge in [0.15, 0.2) is 5.65 Å². The van der Waals surface area contributed by atoms with Crippen molar-refractivity contribution < 1.29 is 9.53 Å². The van der Waals surface area contributed by atoms with Crippen LogP contribution in [0.1, 0.15) is 16.2 Å². The van der Waals surface area contributed by atoms with E-state index < -0.39 is 5.97 Å². The quantitative estimate of drug-likeness (QED) is 0.550. The van der Waals surface area contributed by atoms with Gasteiger partial charge < -0.3 is 9.30 Å². The van der Waals surface area contributed by atoms with Gasteiger partial charge in [0.05, 0.1) is 12.7 Å². The highest BCUT2D eigenvalue weighted by atomic mass is 16.5. The second-order valence-electron chi connectivity index (χ2n) is 5.51. The Morgan fingerprint density at radius 3 is 3.00 bits per heavy atom. The van der Waals surface area contributed by atoms with Gasteiger partial charge in [-0.3, -0.25) is 9.20 Å². The molecule has 4 heterocycles. The highest BCUT2D eigenvalue weighted by Gasteiger charge is 2.21. The van der Waals surface area contributed by atoms with E-state index in [1.807, 2.05) is 28.8 Å². The summed E-state index contributed by atoms with van der Waals surface area (Å²) >= 11 is 0. The van der Waals surface area contributed by atoms with Crippen molar-refractivity contribution in [3.63, 3.8) is 0 Å². The minimum absolute atomic E-state index is 0.240. The Morgan fingerprint density at radius 2 is 2.16 bits per heavy atom. The number of methoxy groups -OCH3 is 1. The highest BCUT2D eigenvalue weighted by molar-refractivity contribution is 5.95. The molecule has 0 atom stereocenters. The average molecular weight is 338 g/mol. The number of ether oxygens (including phenoxy) is 1. The van der Waals surface area contributed by atoms with Crippen molar-refractivity contribution in [2.24, 2.45) is 0 Å². The molecule has 0 aromatic carbocycles. The van der Waals surface area contributed by atoms with E-state index in [1.165, 1.54) is 7.11 Å². The van der Waals surface area contributed by atoms with Gasteiger partial charge in [0, 0.05) is 31.6 Å². The zero-order chi connectivity index (χ0) is 17.4. The zero-order valence-corrected chi connectivity index (χ0v) is 13.3. The third kappa shape index (κ3) is 2.55. The molecule has 0 radical (unpaired) electrons. The Hall–Kier alpha value is -3.49. The summed E-state index contributed by atoms with van der Waals surface area (Å²) in [5.41, 5.74) is 1.31. The largest absolute Gasteiger partial charge is 0.465 e. The van der Waals surface area contributed by atoms with Gasteiger partial charge in [-0.25, -0.2) is 9.89 Å². The van der Waals surface area contributed by atoms with Gasteiger partial charge in [0.25, 0.3) is 5.56 Å². The molecule has 25 heavy (non-hydrogen) atoms. The van der Waals surface area contributed by atoms with E-state index in [2.05, 4.69) is 20.4 Å². The minimum atomic E-state index is -0.543. The van der Waals surface area contributed by atoms with Crippen LogP contribution in [0.2, 0.25) is 0 Å². The number of aryl methyl sites for hydroxylation is 2. The van der Waals surface area contributed by atoms with Crippen LogP contribution < -0.4 is 5.56 Å². The average Bonchev–Trinajstić information content (AvgIpc) is 3.23.